The Balaban J connectivity index is 2.33. The van der Waals surface area contributed by atoms with Gasteiger partial charge >= 0.3 is 0 Å². The van der Waals surface area contributed by atoms with Crippen LogP contribution in [0.5, 0.6) is 0 Å². The number of aryl methyl sites for hydroxylation is 1. The van der Waals surface area contributed by atoms with Gasteiger partial charge in [-0.15, -0.1) is 0 Å². The van der Waals surface area contributed by atoms with E-state index in [1.54, 1.807) is 25.3 Å². The maximum Gasteiger partial charge on any atom is 0.258 e. The molecule has 3 N–H and O–H groups in total. The number of nitrogen functional groups attached to an aromatic ring is 1. The zero-order valence-corrected chi connectivity index (χ0v) is 10.1. The van der Waals surface area contributed by atoms with Crippen molar-refractivity contribution in [2.45, 2.75) is 6.92 Å². The molecule has 0 aliphatic heterocycles. The van der Waals surface area contributed by atoms with E-state index in [9.17, 15) is 13.6 Å². The molecule has 0 saturated heterocycles. The first-order valence-corrected chi connectivity index (χ1v) is 5.46. The van der Waals surface area contributed by atoms with Crippen molar-refractivity contribution in [3.63, 3.8) is 0 Å². The number of amides is 1. The molecule has 19 heavy (non-hydrogen) atoms. The highest BCUT2D eigenvalue weighted by Crippen LogP contribution is 2.19. The molecule has 0 aliphatic carbocycles. The van der Waals surface area contributed by atoms with Crippen molar-refractivity contribution in [1.29, 1.82) is 0 Å². The molecule has 0 saturated carbocycles. The van der Waals surface area contributed by atoms with Crippen LogP contribution >= 0.6 is 0 Å². The molecule has 98 valence electrons. The number of hydrogen-bond donors (Lipinski definition) is 2. The molecule has 6 heteroatoms. The third-order valence-corrected chi connectivity index (χ3v) is 2.57. The first-order chi connectivity index (χ1) is 8.99. The monoisotopic (exact) mass is 263 g/mol. The first kappa shape index (κ1) is 12.9. The molecule has 0 bridgehead atoms. The van der Waals surface area contributed by atoms with Gasteiger partial charge in [0.2, 0.25) is 0 Å². The molecule has 0 aliphatic rings. The number of aromatic nitrogens is 1. The minimum atomic E-state index is -0.944. The summed E-state index contributed by atoms with van der Waals surface area (Å²) < 4.78 is 26.8. The van der Waals surface area contributed by atoms with Crippen LogP contribution in [0.25, 0.3) is 0 Å². The van der Waals surface area contributed by atoms with Gasteiger partial charge in [0.05, 0.1) is 22.6 Å². The van der Waals surface area contributed by atoms with Gasteiger partial charge in [0, 0.05) is 6.20 Å². The fourth-order valence-corrected chi connectivity index (χ4v) is 1.58. The van der Waals surface area contributed by atoms with Gasteiger partial charge in [0.15, 0.2) is 5.82 Å². The largest absolute Gasteiger partial charge is 0.396 e. The molecule has 0 spiro atoms. The van der Waals surface area contributed by atoms with Gasteiger partial charge < -0.3 is 11.1 Å². The smallest absolute Gasteiger partial charge is 0.258 e. The van der Waals surface area contributed by atoms with E-state index in [4.69, 9.17) is 5.73 Å². The lowest BCUT2D eigenvalue weighted by molar-refractivity contribution is 0.102. The summed E-state index contributed by atoms with van der Waals surface area (Å²) in [5.41, 5.74) is 5.42. The summed E-state index contributed by atoms with van der Waals surface area (Å²) in [5.74, 6) is -2.49. The number of nitrogens with one attached hydrogen (secondary N) is 1. The van der Waals surface area contributed by atoms with Gasteiger partial charge in [0.1, 0.15) is 5.82 Å². The summed E-state index contributed by atoms with van der Waals surface area (Å²) in [6, 6.07) is 4.86. The predicted molar refractivity (Wildman–Crippen MR) is 67.7 cm³/mol. The number of nitrogens with zero attached hydrogens (tertiary/aromatic N) is 1. The maximum absolute atomic E-state index is 13.7. The quantitative estimate of drug-likeness (QED) is 0.818. The molecule has 1 aromatic carbocycles. The van der Waals surface area contributed by atoms with E-state index >= 15 is 0 Å². The topological polar surface area (TPSA) is 68.0 Å². The van der Waals surface area contributed by atoms with Gasteiger partial charge in [-0.05, 0) is 31.2 Å². The highest BCUT2D eigenvalue weighted by atomic mass is 19.1. The fourth-order valence-electron chi connectivity index (χ4n) is 1.58. The maximum atomic E-state index is 13.7. The summed E-state index contributed by atoms with van der Waals surface area (Å²) in [4.78, 5) is 15.9. The third kappa shape index (κ3) is 2.67. The van der Waals surface area contributed by atoms with Crippen LogP contribution in [-0.4, -0.2) is 10.9 Å². The Bertz CT molecular complexity index is 644. The number of carbonyl (C=O) groups is 1. The number of rotatable bonds is 2. The Kier molecular flexibility index (Phi) is 3.41. The van der Waals surface area contributed by atoms with Gasteiger partial charge in [0.25, 0.3) is 5.91 Å². The molecule has 2 aromatic rings. The molecular weight excluding hydrogens is 252 g/mol. The molecule has 0 atom stereocenters. The minimum absolute atomic E-state index is 0.409. The van der Waals surface area contributed by atoms with Crippen LogP contribution in [0.3, 0.4) is 0 Å². The summed E-state index contributed by atoms with van der Waals surface area (Å²) in [6.45, 7) is 1.69. The first-order valence-electron chi connectivity index (χ1n) is 5.46. The number of anilines is 2. The second kappa shape index (κ2) is 5.01. The normalized spacial score (nSPS) is 10.3. The van der Waals surface area contributed by atoms with Gasteiger partial charge in [-0.2, -0.15) is 0 Å². The second-order valence-electron chi connectivity index (χ2n) is 3.95. The molecule has 0 fully saturated rings. The number of nitrogens with two attached hydrogens (primary N) is 1. The Labute approximate surface area is 108 Å². The molecule has 2 rings (SSSR count). The van der Waals surface area contributed by atoms with E-state index < -0.39 is 28.8 Å². The van der Waals surface area contributed by atoms with E-state index in [2.05, 4.69) is 10.3 Å². The Morgan fingerprint density at radius 1 is 1.37 bits per heavy atom. The number of hydrogen-bond acceptors (Lipinski definition) is 3. The second-order valence-corrected chi connectivity index (χ2v) is 3.95. The summed E-state index contributed by atoms with van der Waals surface area (Å²) in [6.07, 6.45) is 1.56. The molecule has 0 unspecified atom stereocenters. The fraction of sp³-hybridized carbons (Fsp3) is 0.0769. The molecule has 1 heterocycles. The van der Waals surface area contributed by atoms with Crippen LogP contribution in [0.15, 0.2) is 30.5 Å². The molecule has 4 nitrogen and oxygen atoms in total. The van der Waals surface area contributed by atoms with E-state index in [0.29, 0.717) is 11.4 Å². The van der Waals surface area contributed by atoms with Crippen LogP contribution in [0.1, 0.15) is 16.1 Å². The Morgan fingerprint density at radius 3 is 2.79 bits per heavy atom. The lowest BCUT2D eigenvalue weighted by atomic mass is 10.1. The van der Waals surface area contributed by atoms with Crippen LogP contribution < -0.4 is 11.1 Å². The van der Waals surface area contributed by atoms with Gasteiger partial charge in [-0.3, -0.25) is 9.78 Å². The van der Waals surface area contributed by atoms with E-state index in [-0.39, 0.29) is 0 Å². The number of benzene rings is 1. The summed E-state index contributed by atoms with van der Waals surface area (Å²) in [5, 5.41) is 2.46. The highest BCUT2D eigenvalue weighted by molar-refractivity contribution is 6.05. The van der Waals surface area contributed by atoms with Crippen LogP contribution in [0.2, 0.25) is 0 Å². The standard InChI is InChI=1S/C13H11F2N3O/c1-7-11(3-2-4-17-7)18-13(19)9-5-8(14)6-10(16)12(9)15/h2-6H,16H2,1H3,(H,18,19). The average molecular weight is 263 g/mol. The van der Waals surface area contributed by atoms with Crippen molar-refractivity contribution in [3.8, 4) is 0 Å². The molecular formula is C13H11F2N3O. The zero-order chi connectivity index (χ0) is 14.0. The molecule has 0 radical (unpaired) electrons. The SMILES string of the molecule is Cc1ncccc1NC(=O)c1cc(F)cc(N)c1F. The van der Waals surface area contributed by atoms with E-state index in [1.165, 1.54) is 0 Å². The average Bonchev–Trinajstić information content (AvgIpc) is 2.36. The van der Waals surface area contributed by atoms with Crippen LogP contribution in [-0.2, 0) is 0 Å². The van der Waals surface area contributed by atoms with Gasteiger partial charge in [-0.25, -0.2) is 8.78 Å². The zero-order valence-electron chi connectivity index (χ0n) is 10.1. The van der Waals surface area contributed by atoms with Crippen molar-refractivity contribution < 1.29 is 13.6 Å². The lowest BCUT2D eigenvalue weighted by Gasteiger charge is -2.09. The van der Waals surface area contributed by atoms with Crippen molar-refractivity contribution in [2.24, 2.45) is 0 Å². The van der Waals surface area contributed by atoms with Crippen molar-refractivity contribution in [2.75, 3.05) is 11.1 Å². The van der Waals surface area contributed by atoms with Crippen molar-refractivity contribution in [1.82, 2.24) is 4.98 Å². The Hall–Kier alpha value is -2.50. The molecule has 1 amide bonds. The lowest BCUT2D eigenvalue weighted by Crippen LogP contribution is -2.16. The third-order valence-electron chi connectivity index (χ3n) is 2.57. The van der Waals surface area contributed by atoms with Gasteiger partial charge in [-0.1, -0.05) is 0 Å². The summed E-state index contributed by atoms with van der Waals surface area (Å²) >= 11 is 0. The predicted octanol–water partition coefficient (Wildman–Crippen LogP) is 2.50. The minimum Gasteiger partial charge on any atom is -0.396 e. The molecule has 1 aromatic heterocycles. The van der Waals surface area contributed by atoms with Crippen LogP contribution in [0.4, 0.5) is 20.2 Å². The van der Waals surface area contributed by atoms with Crippen molar-refractivity contribution in [3.05, 3.63) is 53.4 Å². The van der Waals surface area contributed by atoms with Crippen molar-refractivity contribution >= 4 is 17.3 Å². The number of pyridine rings is 1. The number of carbonyl (C=O) groups excluding carboxylic acids is 1. The summed E-state index contributed by atoms with van der Waals surface area (Å²) in [7, 11) is 0. The van der Waals surface area contributed by atoms with E-state index in [1.807, 2.05) is 0 Å². The highest BCUT2D eigenvalue weighted by Gasteiger charge is 2.16. The van der Waals surface area contributed by atoms with E-state index in [0.717, 1.165) is 12.1 Å². The Morgan fingerprint density at radius 2 is 2.11 bits per heavy atom. The number of halogens is 2. The van der Waals surface area contributed by atoms with Crippen LogP contribution in [0, 0.1) is 18.6 Å².